The number of rotatable bonds is 4. The molecule has 0 aromatic heterocycles. The SMILES string of the molecule is COc1ccccc1C1=NOC2(C1)C(=O)N(c1ccccc1)N=C2c1ccc(C)cc1. The number of methoxy groups -OCH3 is 1. The van der Waals surface area contributed by atoms with Gasteiger partial charge < -0.3 is 9.57 Å². The van der Waals surface area contributed by atoms with Gasteiger partial charge >= 0.3 is 5.91 Å². The van der Waals surface area contributed by atoms with E-state index in [4.69, 9.17) is 14.7 Å². The van der Waals surface area contributed by atoms with Gasteiger partial charge in [0.05, 0.1) is 24.9 Å². The predicted octanol–water partition coefficient (Wildman–Crippen LogP) is 4.32. The Morgan fingerprint density at radius 3 is 2.42 bits per heavy atom. The van der Waals surface area contributed by atoms with Crippen LogP contribution in [0.4, 0.5) is 5.69 Å². The Balaban J connectivity index is 1.59. The van der Waals surface area contributed by atoms with Crippen LogP contribution in [0, 0.1) is 6.92 Å². The first-order chi connectivity index (χ1) is 15.1. The molecule has 0 radical (unpaired) electrons. The van der Waals surface area contributed by atoms with Gasteiger partial charge in [-0.05, 0) is 31.2 Å². The van der Waals surface area contributed by atoms with Crippen molar-refractivity contribution in [3.05, 3.63) is 95.6 Å². The number of hydrogen-bond donors (Lipinski definition) is 0. The van der Waals surface area contributed by atoms with Gasteiger partial charge in [0.2, 0.25) is 0 Å². The summed E-state index contributed by atoms with van der Waals surface area (Å²) in [7, 11) is 1.61. The van der Waals surface area contributed by atoms with Crippen LogP contribution in [0.5, 0.6) is 5.75 Å². The van der Waals surface area contributed by atoms with Crippen LogP contribution in [-0.4, -0.2) is 30.0 Å². The van der Waals surface area contributed by atoms with Gasteiger partial charge in [-0.3, -0.25) is 4.79 Å². The molecular formula is C25H21N3O3. The van der Waals surface area contributed by atoms with Crippen molar-refractivity contribution >= 4 is 23.0 Å². The summed E-state index contributed by atoms with van der Waals surface area (Å²) in [6.07, 6.45) is 0.266. The molecule has 0 fully saturated rings. The Hall–Kier alpha value is -3.93. The standard InChI is InChI=1S/C25H21N3O3/c1-17-12-14-18(15-13-17)23-25(24(29)28(26-23)19-8-4-3-5-9-19)16-21(27-31-25)20-10-6-7-11-22(20)30-2/h3-15H,16H2,1-2H3. The van der Waals surface area contributed by atoms with Crippen LogP contribution < -0.4 is 9.75 Å². The van der Waals surface area contributed by atoms with Gasteiger partial charge in [-0.15, -0.1) is 0 Å². The number of amides is 1. The normalized spacial score (nSPS) is 19.9. The zero-order valence-electron chi connectivity index (χ0n) is 17.3. The van der Waals surface area contributed by atoms with Crippen LogP contribution in [0.1, 0.15) is 23.1 Å². The fraction of sp³-hybridized carbons (Fsp3) is 0.160. The van der Waals surface area contributed by atoms with Crippen molar-refractivity contribution in [2.24, 2.45) is 10.3 Å². The van der Waals surface area contributed by atoms with E-state index in [1.54, 1.807) is 7.11 Å². The minimum Gasteiger partial charge on any atom is -0.496 e. The average molecular weight is 411 g/mol. The number of oxime groups is 1. The molecule has 0 bridgehead atoms. The molecule has 1 atom stereocenters. The Kier molecular flexibility index (Phi) is 4.55. The monoisotopic (exact) mass is 411 g/mol. The smallest absolute Gasteiger partial charge is 0.301 e. The summed E-state index contributed by atoms with van der Waals surface area (Å²) >= 11 is 0. The number of benzene rings is 3. The van der Waals surface area contributed by atoms with Crippen molar-refractivity contribution in [2.75, 3.05) is 12.1 Å². The lowest BCUT2D eigenvalue weighted by Gasteiger charge is -2.22. The third kappa shape index (κ3) is 3.08. The van der Waals surface area contributed by atoms with E-state index in [1.165, 1.54) is 5.01 Å². The summed E-state index contributed by atoms with van der Waals surface area (Å²) < 4.78 is 5.49. The number of hydrogen-bond acceptors (Lipinski definition) is 5. The summed E-state index contributed by atoms with van der Waals surface area (Å²) in [6.45, 7) is 2.02. The summed E-state index contributed by atoms with van der Waals surface area (Å²) in [5, 5.41) is 10.5. The molecule has 6 nitrogen and oxygen atoms in total. The lowest BCUT2D eigenvalue weighted by molar-refractivity contribution is -0.131. The summed E-state index contributed by atoms with van der Waals surface area (Å²) in [4.78, 5) is 19.6. The Morgan fingerprint density at radius 1 is 0.968 bits per heavy atom. The van der Waals surface area contributed by atoms with E-state index in [2.05, 4.69) is 5.16 Å². The minimum atomic E-state index is -1.32. The number of ether oxygens (including phenoxy) is 1. The van der Waals surface area contributed by atoms with E-state index in [1.807, 2.05) is 85.8 Å². The van der Waals surface area contributed by atoms with Crippen LogP contribution in [-0.2, 0) is 9.63 Å². The highest BCUT2D eigenvalue weighted by atomic mass is 16.7. The van der Waals surface area contributed by atoms with Crippen LogP contribution in [0.15, 0.2) is 89.1 Å². The van der Waals surface area contributed by atoms with E-state index in [0.29, 0.717) is 22.9 Å². The van der Waals surface area contributed by atoms with Crippen LogP contribution in [0.3, 0.4) is 0 Å². The van der Waals surface area contributed by atoms with Crippen molar-refractivity contribution in [3.8, 4) is 5.75 Å². The molecule has 2 heterocycles. The number of para-hydroxylation sites is 2. The van der Waals surface area contributed by atoms with Crippen LogP contribution >= 0.6 is 0 Å². The van der Waals surface area contributed by atoms with Crippen LogP contribution in [0.2, 0.25) is 0 Å². The number of anilines is 1. The number of carbonyl (C=O) groups excluding carboxylic acids is 1. The molecule has 5 rings (SSSR count). The molecule has 31 heavy (non-hydrogen) atoms. The van der Waals surface area contributed by atoms with Crippen molar-refractivity contribution < 1.29 is 14.4 Å². The third-order valence-electron chi connectivity index (χ3n) is 5.59. The Labute approximate surface area is 180 Å². The maximum absolute atomic E-state index is 13.7. The minimum absolute atomic E-state index is 0.261. The van der Waals surface area contributed by atoms with Crippen molar-refractivity contribution in [1.82, 2.24) is 0 Å². The number of carbonyl (C=O) groups is 1. The number of hydrazone groups is 1. The van der Waals surface area contributed by atoms with E-state index >= 15 is 0 Å². The van der Waals surface area contributed by atoms with E-state index in [-0.39, 0.29) is 12.3 Å². The highest BCUT2D eigenvalue weighted by Gasteiger charge is 2.58. The molecule has 1 unspecified atom stereocenters. The molecule has 3 aromatic rings. The van der Waals surface area contributed by atoms with Crippen LogP contribution in [0.25, 0.3) is 0 Å². The van der Waals surface area contributed by atoms with Gasteiger partial charge in [0.15, 0.2) is 0 Å². The van der Waals surface area contributed by atoms with Gasteiger partial charge in [0, 0.05) is 11.1 Å². The Bertz CT molecular complexity index is 1200. The average Bonchev–Trinajstić information content (AvgIpc) is 3.38. The first-order valence-corrected chi connectivity index (χ1v) is 10.1. The molecule has 2 aliphatic rings. The number of aryl methyl sites for hydroxylation is 1. The predicted molar refractivity (Wildman–Crippen MR) is 120 cm³/mol. The first-order valence-electron chi connectivity index (χ1n) is 10.1. The van der Waals surface area contributed by atoms with Gasteiger partial charge in [-0.1, -0.05) is 65.3 Å². The van der Waals surface area contributed by atoms with Crippen molar-refractivity contribution in [3.63, 3.8) is 0 Å². The summed E-state index contributed by atoms with van der Waals surface area (Å²) in [5.74, 6) is 0.420. The van der Waals surface area contributed by atoms with Gasteiger partial charge in [-0.25, -0.2) is 0 Å². The lowest BCUT2D eigenvalue weighted by Crippen LogP contribution is -2.47. The zero-order chi connectivity index (χ0) is 21.4. The molecule has 3 aromatic carbocycles. The van der Waals surface area contributed by atoms with Gasteiger partial charge in [-0.2, -0.15) is 10.1 Å². The Morgan fingerprint density at radius 2 is 1.68 bits per heavy atom. The third-order valence-corrected chi connectivity index (χ3v) is 5.59. The second-order valence-electron chi connectivity index (χ2n) is 7.60. The largest absolute Gasteiger partial charge is 0.496 e. The molecule has 154 valence electrons. The first kappa shape index (κ1) is 19.1. The molecule has 2 aliphatic heterocycles. The highest BCUT2D eigenvalue weighted by Crippen LogP contribution is 2.40. The quantitative estimate of drug-likeness (QED) is 0.642. The van der Waals surface area contributed by atoms with E-state index < -0.39 is 5.60 Å². The molecule has 1 spiro atoms. The summed E-state index contributed by atoms with van der Waals surface area (Å²) in [5.41, 5.74) is 3.33. The molecule has 0 saturated heterocycles. The maximum atomic E-state index is 13.7. The fourth-order valence-corrected chi connectivity index (χ4v) is 3.95. The molecule has 0 N–H and O–H groups in total. The number of nitrogens with zero attached hydrogens (tertiary/aromatic N) is 3. The summed E-state index contributed by atoms with van der Waals surface area (Å²) in [6, 6.07) is 24.9. The molecule has 6 heteroatoms. The van der Waals surface area contributed by atoms with Gasteiger partial charge in [0.1, 0.15) is 11.5 Å². The fourth-order valence-electron chi connectivity index (χ4n) is 3.95. The van der Waals surface area contributed by atoms with E-state index in [0.717, 1.165) is 16.7 Å². The molecule has 0 aliphatic carbocycles. The van der Waals surface area contributed by atoms with Crippen molar-refractivity contribution in [1.29, 1.82) is 0 Å². The second-order valence-corrected chi connectivity index (χ2v) is 7.60. The van der Waals surface area contributed by atoms with Crippen molar-refractivity contribution in [2.45, 2.75) is 18.9 Å². The van der Waals surface area contributed by atoms with Gasteiger partial charge in [0.25, 0.3) is 5.60 Å². The zero-order valence-corrected chi connectivity index (χ0v) is 17.3. The maximum Gasteiger partial charge on any atom is 0.301 e. The molecule has 0 saturated carbocycles. The van der Waals surface area contributed by atoms with E-state index in [9.17, 15) is 4.79 Å². The highest BCUT2D eigenvalue weighted by molar-refractivity contribution is 6.30. The molecule has 1 amide bonds. The lowest BCUT2D eigenvalue weighted by atomic mass is 9.85. The second kappa shape index (κ2) is 7.40. The molecular weight excluding hydrogens is 390 g/mol. The topological polar surface area (TPSA) is 63.5 Å².